The van der Waals surface area contributed by atoms with Crippen LogP contribution in [-0.4, -0.2) is 7.05 Å². The second-order valence-corrected chi connectivity index (χ2v) is 5.62. The van der Waals surface area contributed by atoms with Gasteiger partial charge in [0.15, 0.2) is 0 Å². The molecule has 94 valence electrons. The van der Waals surface area contributed by atoms with E-state index in [0.29, 0.717) is 4.47 Å². The highest BCUT2D eigenvalue weighted by Crippen LogP contribution is 2.30. The van der Waals surface area contributed by atoms with Crippen LogP contribution < -0.4 is 5.32 Å². The summed E-state index contributed by atoms with van der Waals surface area (Å²) in [7, 11) is 1.87. The van der Waals surface area contributed by atoms with E-state index in [1.165, 1.54) is 6.07 Å². The van der Waals surface area contributed by atoms with Gasteiger partial charge >= 0.3 is 0 Å². The lowest BCUT2D eigenvalue weighted by Crippen LogP contribution is -2.18. The molecular formula is C14H12Br2FN. The first-order valence-electron chi connectivity index (χ1n) is 5.50. The summed E-state index contributed by atoms with van der Waals surface area (Å²) >= 11 is 6.72. The molecule has 0 bridgehead atoms. The molecule has 0 amide bonds. The van der Waals surface area contributed by atoms with E-state index in [1.807, 2.05) is 37.4 Å². The molecule has 0 aromatic heterocycles. The van der Waals surface area contributed by atoms with Crippen LogP contribution in [-0.2, 0) is 0 Å². The van der Waals surface area contributed by atoms with Crippen molar-refractivity contribution in [2.75, 3.05) is 7.05 Å². The first-order valence-corrected chi connectivity index (χ1v) is 7.08. The summed E-state index contributed by atoms with van der Waals surface area (Å²) in [6, 6.07) is 13.0. The normalized spacial score (nSPS) is 12.4. The van der Waals surface area contributed by atoms with E-state index in [4.69, 9.17) is 0 Å². The van der Waals surface area contributed by atoms with Gasteiger partial charge in [-0.1, -0.05) is 40.2 Å². The third-order valence-electron chi connectivity index (χ3n) is 2.78. The van der Waals surface area contributed by atoms with Crippen molar-refractivity contribution in [3.05, 3.63) is 68.4 Å². The minimum Gasteiger partial charge on any atom is -0.309 e. The van der Waals surface area contributed by atoms with Crippen LogP contribution in [0.2, 0.25) is 0 Å². The van der Waals surface area contributed by atoms with Crippen LogP contribution in [0, 0.1) is 5.82 Å². The van der Waals surface area contributed by atoms with E-state index >= 15 is 0 Å². The maximum atomic E-state index is 13.6. The number of rotatable bonds is 3. The fourth-order valence-corrected chi connectivity index (χ4v) is 2.66. The molecule has 0 aliphatic heterocycles. The van der Waals surface area contributed by atoms with E-state index in [9.17, 15) is 4.39 Å². The maximum absolute atomic E-state index is 13.6. The van der Waals surface area contributed by atoms with Gasteiger partial charge in [-0.25, -0.2) is 4.39 Å². The predicted octanol–water partition coefficient (Wildman–Crippen LogP) is 4.66. The smallest absolute Gasteiger partial charge is 0.137 e. The van der Waals surface area contributed by atoms with Gasteiger partial charge in [0.2, 0.25) is 0 Å². The molecule has 2 aromatic rings. The lowest BCUT2D eigenvalue weighted by atomic mass is 9.99. The number of benzene rings is 2. The van der Waals surface area contributed by atoms with Crippen molar-refractivity contribution in [2.24, 2.45) is 0 Å². The molecule has 2 aromatic carbocycles. The summed E-state index contributed by atoms with van der Waals surface area (Å²) in [5, 5.41) is 3.21. The molecule has 0 aliphatic rings. The highest BCUT2D eigenvalue weighted by molar-refractivity contribution is 9.10. The molecule has 18 heavy (non-hydrogen) atoms. The van der Waals surface area contributed by atoms with Crippen LogP contribution in [0.1, 0.15) is 17.2 Å². The largest absolute Gasteiger partial charge is 0.309 e. The molecule has 1 atom stereocenters. The van der Waals surface area contributed by atoms with Gasteiger partial charge < -0.3 is 5.32 Å². The van der Waals surface area contributed by atoms with Crippen LogP contribution >= 0.6 is 31.9 Å². The third-order valence-corrected chi connectivity index (χ3v) is 4.15. The quantitative estimate of drug-likeness (QED) is 0.826. The molecule has 4 heteroatoms. The minimum absolute atomic E-state index is 0.0387. The molecule has 0 saturated carbocycles. The Morgan fingerprint density at radius 3 is 2.33 bits per heavy atom. The first kappa shape index (κ1) is 13.7. The average molecular weight is 373 g/mol. The molecule has 1 nitrogen and oxygen atoms in total. The van der Waals surface area contributed by atoms with E-state index in [0.717, 1.165) is 15.6 Å². The van der Waals surface area contributed by atoms with Crippen LogP contribution in [0.4, 0.5) is 4.39 Å². The fourth-order valence-electron chi connectivity index (χ4n) is 1.90. The standard InChI is InChI=1S/C14H12Br2FN/c1-18-14(9-5-7-10(15)8-6-9)11-3-2-4-12(17)13(11)16/h2-8,14,18H,1H3. The van der Waals surface area contributed by atoms with Gasteiger partial charge in [-0.15, -0.1) is 0 Å². The number of hydrogen-bond acceptors (Lipinski definition) is 1. The monoisotopic (exact) mass is 371 g/mol. The van der Waals surface area contributed by atoms with Gasteiger partial charge in [0, 0.05) is 4.47 Å². The average Bonchev–Trinajstić information content (AvgIpc) is 2.37. The Balaban J connectivity index is 2.45. The molecular weight excluding hydrogens is 361 g/mol. The highest BCUT2D eigenvalue weighted by Gasteiger charge is 2.16. The minimum atomic E-state index is -0.245. The van der Waals surface area contributed by atoms with E-state index in [1.54, 1.807) is 6.07 Å². The van der Waals surface area contributed by atoms with Gasteiger partial charge in [0.05, 0.1) is 10.5 Å². The predicted molar refractivity (Wildman–Crippen MR) is 79.1 cm³/mol. The van der Waals surface area contributed by atoms with Crippen molar-refractivity contribution in [2.45, 2.75) is 6.04 Å². The van der Waals surface area contributed by atoms with Crippen molar-refractivity contribution < 1.29 is 4.39 Å². The zero-order valence-corrected chi connectivity index (χ0v) is 12.9. The summed E-state index contributed by atoms with van der Waals surface area (Å²) < 4.78 is 15.1. The van der Waals surface area contributed by atoms with Gasteiger partial charge in [-0.2, -0.15) is 0 Å². The molecule has 0 spiro atoms. The van der Waals surface area contributed by atoms with Crippen LogP contribution in [0.5, 0.6) is 0 Å². The van der Waals surface area contributed by atoms with Gasteiger partial charge in [-0.05, 0) is 52.3 Å². The summed E-state index contributed by atoms with van der Waals surface area (Å²) in [6.07, 6.45) is 0. The van der Waals surface area contributed by atoms with Crippen LogP contribution in [0.15, 0.2) is 51.4 Å². The SMILES string of the molecule is CNC(c1ccc(Br)cc1)c1cccc(F)c1Br. The lowest BCUT2D eigenvalue weighted by molar-refractivity contribution is 0.608. The molecule has 0 aliphatic carbocycles. The van der Waals surface area contributed by atoms with Crippen molar-refractivity contribution >= 4 is 31.9 Å². The van der Waals surface area contributed by atoms with E-state index in [2.05, 4.69) is 37.2 Å². The maximum Gasteiger partial charge on any atom is 0.137 e. The zero-order chi connectivity index (χ0) is 13.1. The van der Waals surface area contributed by atoms with Crippen molar-refractivity contribution in [3.63, 3.8) is 0 Å². The number of nitrogens with one attached hydrogen (secondary N) is 1. The Morgan fingerprint density at radius 2 is 1.72 bits per heavy atom. The summed E-state index contributed by atoms with van der Waals surface area (Å²) in [4.78, 5) is 0. The number of hydrogen-bond donors (Lipinski definition) is 1. The molecule has 0 radical (unpaired) electrons. The Labute approximate surface area is 123 Å². The van der Waals surface area contributed by atoms with E-state index < -0.39 is 0 Å². The first-order chi connectivity index (χ1) is 8.63. The summed E-state index contributed by atoms with van der Waals surface area (Å²) in [6.45, 7) is 0. The topological polar surface area (TPSA) is 12.0 Å². The molecule has 2 rings (SSSR count). The molecule has 1 N–H and O–H groups in total. The van der Waals surface area contributed by atoms with Gasteiger partial charge in [-0.3, -0.25) is 0 Å². The fraction of sp³-hybridized carbons (Fsp3) is 0.143. The van der Waals surface area contributed by atoms with Crippen molar-refractivity contribution in [1.82, 2.24) is 5.32 Å². The van der Waals surface area contributed by atoms with Crippen LogP contribution in [0.3, 0.4) is 0 Å². The van der Waals surface area contributed by atoms with Crippen molar-refractivity contribution in [1.29, 1.82) is 0 Å². The summed E-state index contributed by atoms with van der Waals surface area (Å²) in [5.74, 6) is -0.245. The second kappa shape index (κ2) is 5.95. The Morgan fingerprint density at radius 1 is 1.06 bits per heavy atom. The van der Waals surface area contributed by atoms with Gasteiger partial charge in [0.25, 0.3) is 0 Å². The van der Waals surface area contributed by atoms with Gasteiger partial charge in [0.1, 0.15) is 5.82 Å². The molecule has 1 unspecified atom stereocenters. The number of halogens is 3. The zero-order valence-electron chi connectivity index (χ0n) is 9.75. The third kappa shape index (κ3) is 2.82. The molecule has 0 fully saturated rings. The summed E-state index contributed by atoms with van der Waals surface area (Å²) in [5.41, 5.74) is 1.98. The Kier molecular flexibility index (Phi) is 4.54. The lowest BCUT2D eigenvalue weighted by Gasteiger charge is -2.19. The molecule has 0 saturated heterocycles. The highest BCUT2D eigenvalue weighted by atomic mass is 79.9. The molecule has 0 heterocycles. The second-order valence-electron chi connectivity index (χ2n) is 3.92. The Bertz CT molecular complexity index is 540. The van der Waals surface area contributed by atoms with Crippen molar-refractivity contribution in [3.8, 4) is 0 Å². The van der Waals surface area contributed by atoms with Crippen LogP contribution in [0.25, 0.3) is 0 Å². The Hall–Kier alpha value is -0.710. The van der Waals surface area contributed by atoms with E-state index in [-0.39, 0.29) is 11.9 Å².